The van der Waals surface area contributed by atoms with Crippen LogP contribution in [-0.2, 0) is 18.4 Å². The maximum Gasteiger partial charge on any atom is 0.115 e. The fourth-order valence-electron chi connectivity index (χ4n) is 3.73. The van der Waals surface area contributed by atoms with Crippen molar-refractivity contribution in [1.29, 1.82) is 0 Å². The minimum absolute atomic E-state index is 0.0136. The zero-order chi connectivity index (χ0) is 13.0. The summed E-state index contributed by atoms with van der Waals surface area (Å²) in [6.07, 6.45) is 1.94. The van der Waals surface area contributed by atoms with Crippen LogP contribution in [0.25, 0.3) is 0 Å². The minimum atomic E-state index is -0.0136. The van der Waals surface area contributed by atoms with Crippen LogP contribution < -0.4 is 5.32 Å². The average molecular weight is 251 g/mol. The van der Waals surface area contributed by atoms with E-state index in [1.165, 1.54) is 22.3 Å². The lowest BCUT2D eigenvalue weighted by Gasteiger charge is -2.26. The average Bonchev–Trinajstić information content (AvgIpc) is 2.57. The van der Waals surface area contributed by atoms with Crippen molar-refractivity contribution in [3.05, 3.63) is 64.7 Å². The van der Waals surface area contributed by atoms with Crippen LogP contribution in [0.15, 0.2) is 42.5 Å². The van der Waals surface area contributed by atoms with Crippen molar-refractivity contribution >= 4 is 0 Å². The molecule has 0 radical (unpaired) electrons. The van der Waals surface area contributed by atoms with E-state index in [2.05, 4.69) is 42.6 Å². The number of phenols is 1. The van der Waals surface area contributed by atoms with Crippen molar-refractivity contribution in [3.8, 4) is 5.75 Å². The number of aromatic hydroxyl groups is 1. The first-order chi connectivity index (χ1) is 9.16. The van der Waals surface area contributed by atoms with Gasteiger partial charge in [-0.2, -0.15) is 0 Å². The third-order valence-corrected chi connectivity index (χ3v) is 4.58. The van der Waals surface area contributed by atoms with Crippen LogP contribution in [0, 0.1) is 0 Å². The molecule has 2 aliphatic rings. The zero-order valence-corrected chi connectivity index (χ0v) is 11.0. The van der Waals surface area contributed by atoms with Crippen LogP contribution in [0.4, 0.5) is 0 Å². The van der Waals surface area contributed by atoms with Crippen LogP contribution in [0.5, 0.6) is 5.75 Å². The van der Waals surface area contributed by atoms with Gasteiger partial charge in [0.05, 0.1) is 0 Å². The molecule has 0 aromatic heterocycles. The molecule has 0 fully saturated rings. The topological polar surface area (TPSA) is 32.3 Å². The Morgan fingerprint density at radius 2 is 2.00 bits per heavy atom. The predicted molar refractivity (Wildman–Crippen MR) is 75.2 cm³/mol. The molecule has 2 aromatic rings. The van der Waals surface area contributed by atoms with E-state index in [0.717, 1.165) is 12.8 Å². The lowest BCUT2D eigenvalue weighted by molar-refractivity contribution is 0.367. The number of nitrogens with one attached hydrogen (secondary N) is 1. The first kappa shape index (κ1) is 11.1. The number of rotatable bonds is 0. The second-order valence-electron chi connectivity index (χ2n) is 5.95. The second-order valence-corrected chi connectivity index (χ2v) is 5.95. The van der Waals surface area contributed by atoms with Gasteiger partial charge in [0, 0.05) is 11.6 Å². The van der Waals surface area contributed by atoms with Gasteiger partial charge in [-0.15, -0.1) is 0 Å². The Morgan fingerprint density at radius 1 is 1.16 bits per heavy atom. The molecule has 2 N–H and O–H groups in total. The fourth-order valence-corrected chi connectivity index (χ4v) is 3.73. The molecule has 2 aromatic carbocycles. The van der Waals surface area contributed by atoms with E-state index in [1.807, 2.05) is 6.07 Å². The van der Waals surface area contributed by atoms with Gasteiger partial charge in [-0.1, -0.05) is 30.3 Å². The molecule has 0 amide bonds. The number of fused-ring (bicyclic) bond motifs is 6. The Kier molecular flexibility index (Phi) is 2.10. The summed E-state index contributed by atoms with van der Waals surface area (Å²) < 4.78 is 0. The van der Waals surface area contributed by atoms with Crippen LogP contribution in [0.2, 0.25) is 0 Å². The standard InChI is InChI=1S/C17H17NO/c1-17-10-12-8-13(19)7-6-11(12)9-16(18-17)14-4-2-3-5-15(14)17/h2-8,16,18-19H,9-10H2,1H3. The molecule has 0 aliphatic carbocycles. The molecule has 2 nitrogen and oxygen atoms in total. The second kappa shape index (κ2) is 3.61. The molecule has 0 saturated carbocycles. The summed E-state index contributed by atoms with van der Waals surface area (Å²) in [7, 11) is 0. The van der Waals surface area contributed by atoms with Crippen molar-refractivity contribution < 1.29 is 5.11 Å². The fraction of sp³-hybridized carbons (Fsp3) is 0.294. The molecule has 4 rings (SSSR count). The monoisotopic (exact) mass is 251 g/mol. The smallest absolute Gasteiger partial charge is 0.115 e. The summed E-state index contributed by atoms with van der Waals surface area (Å²) in [5.74, 6) is 0.369. The first-order valence-electron chi connectivity index (χ1n) is 6.84. The van der Waals surface area contributed by atoms with Gasteiger partial charge in [0.25, 0.3) is 0 Å². The molecule has 2 atom stereocenters. The quantitative estimate of drug-likeness (QED) is 0.754. The van der Waals surface area contributed by atoms with Gasteiger partial charge in [-0.25, -0.2) is 0 Å². The summed E-state index contributed by atoms with van der Waals surface area (Å²) in [6.45, 7) is 2.27. The number of benzene rings is 2. The van der Waals surface area contributed by atoms with Gasteiger partial charge in [0.1, 0.15) is 5.75 Å². The van der Waals surface area contributed by atoms with Gasteiger partial charge < -0.3 is 10.4 Å². The van der Waals surface area contributed by atoms with E-state index < -0.39 is 0 Å². The number of hydrogen-bond donors (Lipinski definition) is 2. The summed E-state index contributed by atoms with van der Waals surface area (Å²) in [5, 5.41) is 13.5. The van der Waals surface area contributed by atoms with Gasteiger partial charge in [-0.05, 0) is 54.2 Å². The molecule has 0 spiro atoms. The van der Waals surface area contributed by atoms with Crippen LogP contribution in [-0.4, -0.2) is 5.11 Å². The molecule has 2 heterocycles. The lowest BCUT2D eigenvalue weighted by atomic mass is 9.82. The van der Waals surface area contributed by atoms with E-state index in [0.29, 0.717) is 11.8 Å². The Balaban J connectivity index is 1.90. The molecule has 0 saturated heterocycles. The molecule has 2 bridgehead atoms. The van der Waals surface area contributed by atoms with Crippen LogP contribution >= 0.6 is 0 Å². The summed E-state index contributed by atoms with van der Waals surface area (Å²) >= 11 is 0. The largest absolute Gasteiger partial charge is 0.508 e. The summed E-state index contributed by atoms with van der Waals surface area (Å²) in [5.41, 5.74) is 5.46. The van der Waals surface area contributed by atoms with Gasteiger partial charge in [0.15, 0.2) is 0 Å². The van der Waals surface area contributed by atoms with Crippen molar-refractivity contribution in [2.45, 2.75) is 31.3 Å². The normalized spacial score (nSPS) is 27.5. The molecular weight excluding hydrogens is 234 g/mol. The van der Waals surface area contributed by atoms with E-state index in [9.17, 15) is 5.11 Å². The number of phenolic OH excluding ortho intramolecular Hbond substituents is 1. The first-order valence-corrected chi connectivity index (χ1v) is 6.84. The highest BCUT2D eigenvalue weighted by Gasteiger charge is 2.41. The highest BCUT2D eigenvalue weighted by molar-refractivity contribution is 5.48. The minimum Gasteiger partial charge on any atom is -0.508 e. The molecule has 96 valence electrons. The molecule has 19 heavy (non-hydrogen) atoms. The maximum atomic E-state index is 9.71. The van der Waals surface area contributed by atoms with E-state index in [-0.39, 0.29) is 5.54 Å². The molecule has 2 unspecified atom stereocenters. The Hall–Kier alpha value is -1.80. The third-order valence-electron chi connectivity index (χ3n) is 4.58. The van der Waals surface area contributed by atoms with Crippen molar-refractivity contribution in [1.82, 2.24) is 5.32 Å². The molecule has 2 heteroatoms. The van der Waals surface area contributed by atoms with Crippen molar-refractivity contribution in [3.63, 3.8) is 0 Å². The Labute approximate surface area is 113 Å². The highest BCUT2D eigenvalue weighted by Crippen LogP contribution is 2.44. The Bertz CT molecular complexity index is 664. The number of hydrogen-bond acceptors (Lipinski definition) is 2. The summed E-state index contributed by atoms with van der Waals surface area (Å²) in [6, 6.07) is 14.9. The van der Waals surface area contributed by atoms with E-state index in [4.69, 9.17) is 0 Å². The van der Waals surface area contributed by atoms with Crippen LogP contribution in [0.3, 0.4) is 0 Å². The highest BCUT2D eigenvalue weighted by atomic mass is 16.3. The SMILES string of the molecule is CC12Cc3cc(O)ccc3CC(N1)c1ccccc12. The van der Waals surface area contributed by atoms with Crippen molar-refractivity contribution in [2.75, 3.05) is 0 Å². The Morgan fingerprint density at radius 3 is 2.89 bits per heavy atom. The molecule has 2 aliphatic heterocycles. The lowest BCUT2D eigenvalue weighted by Crippen LogP contribution is -2.36. The third kappa shape index (κ3) is 1.53. The predicted octanol–water partition coefficient (Wildman–Crippen LogP) is 3.05. The molecular formula is C17H17NO. The zero-order valence-electron chi connectivity index (χ0n) is 11.0. The van der Waals surface area contributed by atoms with Crippen LogP contribution in [0.1, 0.15) is 35.2 Å². The van der Waals surface area contributed by atoms with Crippen molar-refractivity contribution in [2.24, 2.45) is 0 Å². The van der Waals surface area contributed by atoms with Gasteiger partial charge in [-0.3, -0.25) is 0 Å². The maximum absolute atomic E-state index is 9.71. The summed E-state index contributed by atoms with van der Waals surface area (Å²) in [4.78, 5) is 0. The van der Waals surface area contributed by atoms with E-state index in [1.54, 1.807) is 6.07 Å². The van der Waals surface area contributed by atoms with E-state index >= 15 is 0 Å². The van der Waals surface area contributed by atoms with Gasteiger partial charge in [0.2, 0.25) is 0 Å². The van der Waals surface area contributed by atoms with Gasteiger partial charge >= 0.3 is 0 Å².